The fourth-order valence-corrected chi connectivity index (χ4v) is 5.66. The van der Waals surface area contributed by atoms with Crippen LogP contribution in [0.4, 0.5) is 16.0 Å². The smallest absolute Gasteiger partial charge is 0.252 e. The fraction of sp³-hybridized carbons (Fsp3) is 0.323. The highest BCUT2D eigenvalue weighted by Crippen LogP contribution is 2.41. The number of halogens is 1. The highest BCUT2D eigenvalue weighted by atomic mass is 19.1. The Labute approximate surface area is 242 Å². The van der Waals surface area contributed by atoms with Gasteiger partial charge in [-0.1, -0.05) is 30.3 Å². The second-order valence-corrected chi connectivity index (χ2v) is 10.9. The Bertz CT molecular complexity index is 1710. The molecule has 4 aromatic heterocycles. The topological polar surface area (TPSA) is 123 Å². The van der Waals surface area contributed by atoms with Crippen molar-refractivity contribution in [3.8, 4) is 5.82 Å². The van der Waals surface area contributed by atoms with E-state index in [-0.39, 0.29) is 17.9 Å². The predicted molar refractivity (Wildman–Crippen MR) is 157 cm³/mol. The molecule has 1 saturated carbocycles. The first-order valence-electron chi connectivity index (χ1n) is 14.0. The molecule has 6 rings (SSSR count). The monoisotopic (exact) mass is 568 g/mol. The zero-order valence-electron chi connectivity index (χ0n) is 23.8. The van der Waals surface area contributed by atoms with Crippen LogP contribution in [0.25, 0.3) is 16.6 Å². The summed E-state index contributed by atoms with van der Waals surface area (Å²) in [6, 6.07) is 15.6. The van der Waals surface area contributed by atoms with Crippen molar-refractivity contribution in [2.45, 2.75) is 57.1 Å². The molecule has 0 bridgehead atoms. The minimum atomic E-state index is -0.921. The summed E-state index contributed by atoms with van der Waals surface area (Å²) in [4.78, 5) is 23.0. The van der Waals surface area contributed by atoms with Gasteiger partial charge in [-0.15, -0.1) is 0 Å². The van der Waals surface area contributed by atoms with Crippen molar-refractivity contribution >= 4 is 28.3 Å². The number of pyridine rings is 2. The van der Waals surface area contributed by atoms with E-state index in [0.717, 1.165) is 58.4 Å². The van der Waals surface area contributed by atoms with E-state index in [1.54, 1.807) is 19.4 Å². The van der Waals surface area contributed by atoms with Crippen LogP contribution in [0.2, 0.25) is 0 Å². The summed E-state index contributed by atoms with van der Waals surface area (Å²) in [5, 5.41) is 19.8. The number of ether oxygens (including phenoxy) is 1. The highest BCUT2D eigenvalue weighted by molar-refractivity contribution is 5.93. The number of hydrogen-bond donors (Lipinski definition) is 3. The Morgan fingerprint density at radius 3 is 2.64 bits per heavy atom. The third kappa shape index (κ3) is 5.47. The van der Waals surface area contributed by atoms with Crippen LogP contribution in [0.3, 0.4) is 0 Å². The number of aryl methyl sites for hydroxylation is 1. The van der Waals surface area contributed by atoms with Gasteiger partial charge in [0.2, 0.25) is 0 Å². The first-order valence-corrected chi connectivity index (χ1v) is 14.0. The first-order chi connectivity index (χ1) is 20.3. The SMILES string of the molecule is CO[C@]1(C(=O)N[C@@H](C)c2ccc(-n3cc(F)cn3)nc2)CC[C@@H](c2cc3ccccc3c(Nc3cc(C)[nH]n3)n2)CC1. The van der Waals surface area contributed by atoms with E-state index >= 15 is 0 Å². The van der Waals surface area contributed by atoms with E-state index < -0.39 is 11.4 Å². The second kappa shape index (κ2) is 11.3. The molecule has 10 nitrogen and oxygen atoms in total. The van der Waals surface area contributed by atoms with Crippen LogP contribution in [0.5, 0.6) is 0 Å². The number of hydrogen-bond acceptors (Lipinski definition) is 7. The number of H-pyrrole nitrogens is 1. The average Bonchev–Trinajstić information content (AvgIpc) is 3.64. The Morgan fingerprint density at radius 2 is 1.98 bits per heavy atom. The molecule has 0 spiro atoms. The Kier molecular flexibility index (Phi) is 7.42. The Morgan fingerprint density at radius 1 is 1.17 bits per heavy atom. The molecule has 1 atom stereocenters. The van der Waals surface area contributed by atoms with Crippen molar-refractivity contribution in [2.75, 3.05) is 12.4 Å². The molecule has 0 unspecified atom stereocenters. The van der Waals surface area contributed by atoms with Gasteiger partial charge in [0.1, 0.15) is 11.4 Å². The van der Waals surface area contributed by atoms with Crippen molar-refractivity contribution in [1.29, 1.82) is 0 Å². The van der Waals surface area contributed by atoms with Crippen LogP contribution >= 0.6 is 0 Å². The third-order valence-electron chi connectivity index (χ3n) is 8.13. The van der Waals surface area contributed by atoms with Crippen LogP contribution in [-0.4, -0.2) is 48.6 Å². The minimum Gasteiger partial charge on any atom is -0.368 e. The van der Waals surface area contributed by atoms with Crippen molar-refractivity contribution < 1.29 is 13.9 Å². The fourth-order valence-electron chi connectivity index (χ4n) is 5.66. The summed E-state index contributed by atoms with van der Waals surface area (Å²) in [7, 11) is 1.60. The molecule has 5 aromatic rings. The summed E-state index contributed by atoms with van der Waals surface area (Å²) in [6.07, 6.45) is 6.73. The number of aromatic nitrogens is 6. The molecule has 3 N–H and O–H groups in total. The zero-order chi connectivity index (χ0) is 29.3. The number of aromatic amines is 1. The van der Waals surface area contributed by atoms with E-state index in [9.17, 15) is 9.18 Å². The van der Waals surface area contributed by atoms with Crippen molar-refractivity contribution in [2.24, 2.45) is 0 Å². The predicted octanol–water partition coefficient (Wildman–Crippen LogP) is 5.65. The lowest BCUT2D eigenvalue weighted by molar-refractivity contribution is -0.148. The molecular formula is C31H33FN8O2. The zero-order valence-corrected chi connectivity index (χ0v) is 23.8. The molecule has 11 heteroatoms. The van der Waals surface area contributed by atoms with Gasteiger partial charge < -0.3 is 15.4 Å². The summed E-state index contributed by atoms with van der Waals surface area (Å²) in [5.74, 6) is 1.59. The third-order valence-corrected chi connectivity index (χ3v) is 8.13. The number of rotatable bonds is 8. The Balaban J connectivity index is 1.14. The van der Waals surface area contributed by atoms with Crippen LogP contribution in [0.15, 0.2) is 67.1 Å². The van der Waals surface area contributed by atoms with Crippen LogP contribution in [0.1, 0.15) is 61.5 Å². The Hall–Kier alpha value is -4.64. The lowest BCUT2D eigenvalue weighted by Gasteiger charge is -2.38. The van der Waals surface area contributed by atoms with Gasteiger partial charge in [-0.05, 0) is 62.6 Å². The molecule has 42 heavy (non-hydrogen) atoms. The molecule has 0 saturated heterocycles. The van der Waals surface area contributed by atoms with Crippen LogP contribution < -0.4 is 10.6 Å². The molecule has 4 heterocycles. The number of carbonyl (C=O) groups is 1. The van der Waals surface area contributed by atoms with Gasteiger partial charge in [0, 0.05) is 42.1 Å². The van der Waals surface area contributed by atoms with E-state index in [4.69, 9.17) is 9.72 Å². The number of carbonyl (C=O) groups excluding carboxylic acids is 1. The molecule has 1 aliphatic carbocycles. The number of methoxy groups -OCH3 is 1. The molecular weight excluding hydrogens is 535 g/mol. The van der Waals surface area contributed by atoms with Gasteiger partial charge >= 0.3 is 0 Å². The minimum absolute atomic E-state index is 0.142. The van der Waals surface area contributed by atoms with Gasteiger partial charge in [-0.25, -0.2) is 19.0 Å². The van der Waals surface area contributed by atoms with Gasteiger partial charge in [0.25, 0.3) is 5.91 Å². The summed E-state index contributed by atoms with van der Waals surface area (Å²) < 4.78 is 20.6. The number of benzene rings is 1. The molecule has 216 valence electrons. The van der Waals surface area contributed by atoms with Gasteiger partial charge in [-0.2, -0.15) is 10.2 Å². The maximum Gasteiger partial charge on any atom is 0.252 e. The quantitative estimate of drug-likeness (QED) is 0.221. The number of fused-ring (bicyclic) bond motifs is 1. The van der Waals surface area contributed by atoms with Crippen LogP contribution in [-0.2, 0) is 9.53 Å². The molecule has 1 aromatic carbocycles. The maximum absolute atomic E-state index is 13.6. The summed E-state index contributed by atoms with van der Waals surface area (Å²) >= 11 is 0. The first kappa shape index (κ1) is 27.5. The van der Waals surface area contributed by atoms with Gasteiger partial charge in [-0.3, -0.25) is 9.89 Å². The van der Waals surface area contributed by atoms with E-state index in [2.05, 4.69) is 49.1 Å². The number of nitrogens with one attached hydrogen (secondary N) is 3. The van der Waals surface area contributed by atoms with Crippen molar-refractivity contribution in [1.82, 2.24) is 35.3 Å². The molecule has 1 amide bonds. The lowest BCUT2D eigenvalue weighted by atomic mass is 9.76. The molecule has 1 aliphatic rings. The maximum atomic E-state index is 13.6. The van der Waals surface area contributed by atoms with E-state index in [1.807, 2.05) is 38.1 Å². The second-order valence-electron chi connectivity index (χ2n) is 10.9. The van der Waals surface area contributed by atoms with Crippen LogP contribution in [0, 0.1) is 12.7 Å². The standard InChI is InChI=1S/C31H33FN8O2/c1-19-14-27(39-38-19)37-29-25-7-5-4-6-22(25)15-26(36-29)21-10-12-31(42-3,13-11-21)30(41)35-20(2)23-8-9-28(33-16-23)40-18-24(32)17-34-40/h4-9,14-18,20-21H,10-13H2,1-3H3,(H,35,41)(H2,36,37,38,39)/t20-,21-,31-/m0/s1. The summed E-state index contributed by atoms with van der Waals surface area (Å²) in [6.45, 7) is 3.87. The van der Waals surface area contributed by atoms with Gasteiger partial charge in [0.05, 0.1) is 18.4 Å². The van der Waals surface area contributed by atoms with E-state index in [0.29, 0.717) is 18.7 Å². The number of amides is 1. The van der Waals surface area contributed by atoms with Crippen molar-refractivity contribution in [3.05, 3.63) is 89.9 Å². The molecule has 0 aliphatic heterocycles. The number of anilines is 2. The largest absolute Gasteiger partial charge is 0.368 e. The molecule has 0 radical (unpaired) electrons. The van der Waals surface area contributed by atoms with Crippen molar-refractivity contribution in [3.63, 3.8) is 0 Å². The molecule has 1 fully saturated rings. The normalized spacial score (nSPS) is 19.5. The lowest BCUT2D eigenvalue weighted by Crippen LogP contribution is -2.50. The summed E-state index contributed by atoms with van der Waals surface area (Å²) in [5.41, 5.74) is 1.86. The highest BCUT2D eigenvalue weighted by Gasteiger charge is 2.43. The van der Waals surface area contributed by atoms with E-state index in [1.165, 1.54) is 10.9 Å². The van der Waals surface area contributed by atoms with Gasteiger partial charge in [0.15, 0.2) is 17.5 Å². The number of nitrogens with zero attached hydrogens (tertiary/aromatic N) is 5. The average molecular weight is 569 g/mol.